The summed E-state index contributed by atoms with van der Waals surface area (Å²) in [5, 5.41) is 2.36. The number of benzene rings is 3. The van der Waals surface area contributed by atoms with Gasteiger partial charge >= 0.3 is 0 Å². The fraction of sp³-hybridized carbons (Fsp3) is 0.600. The van der Waals surface area contributed by atoms with E-state index in [2.05, 4.69) is 111 Å². The van der Waals surface area contributed by atoms with E-state index < -0.39 is 0 Å². The van der Waals surface area contributed by atoms with Gasteiger partial charge in [-0.15, -0.1) is 11.3 Å². The van der Waals surface area contributed by atoms with Gasteiger partial charge in [0.1, 0.15) is 5.75 Å². The second-order valence-corrected chi connectivity index (χ2v) is 19.2. The molecule has 0 atom stereocenters. The van der Waals surface area contributed by atoms with Gasteiger partial charge in [-0.2, -0.15) is 0 Å². The van der Waals surface area contributed by atoms with Crippen LogP contribution in [-0.2, 0) is 0 Å². The quantitative estimate of drug-likeness (QED) is 0.0336. The molecule has 0 spiro atoms. The molecule has 0 saturated heterocycles. The minimum absolute atomic E-state index is 0.709. The Kier molecular flexibility index (Phi) is 29.2. The Balaban J connectivity index is 1.24. The number of hydrogen-bond donors (Lipinski definition) is 0. The molecule has 1 heterocycles. The average Bonchev–Trinajstić information content (AvgIpc) is 3.78. The predicted octanol–water partition coefficient (Wildman–Crippen LogP) is 18.6. The van der Waals surface area contributed by atoms with Crippen LogP contribution in [0.1, 0.15) is 234 Å². The zero-order valence-corrected chi connectivity index (χ0v) is 41.6. The van der Waals surface area contributed by atoms with Crippen LogP contribution in [0.5, 0.6) is 17.2 Å². The lowest BCUT2D eigenvalue weighted by molar-refractivity contribution is 0.258. The molecular formula is C60H86O3S. The highest BCUT2D eigenvalue weighted by Crippen LogP contribution is 2.30. The Labute approximate surface area is 396 Å². The molecule has 0 bridgehead atoms. The zero-order chi connectivity index (χ0) is 45.0. The third-order valence-electron chi connectivity index (χ3n) is 12.3. The molecule has 350 valence electrons. The van der Waals surface area contributed by atoms with E-state index in [-0.39, 0.29) is 0 Å². The van der Waals surface area contributed by atoms with Gasteiger partial charge in [0, 0.05) is 11.1 Å². The van der Waals surface area contributed by atoms with Crippen LogP contribution < -0.4 is 14.2 Å². The van der Waals surface area contributed by atoms with E-state index in [9.17, 15) is 0 Å². The maximum Gasteiger partial charge on any atom is 0.162 e. The molecule has 4 heteroatoms. The summed E-state index contributed by atoms with van der Waals surface area (Å²) in [6.45, 7) is 9.08. The molecule has 0 aliphatic rings. The van der Waals surface area contributed by atoms with E-state index in [1.165, 1.54) is 184 Å². The number of fused-ring (bicyclic) bond motifs is 1. The van der Waals surface area contributed by atoms with Crippen LogP contribution in [0.25, 0.3) is 10.8 Å². The summed E-state index contributed by atoms with van der Waals surface area (Å²) in [5.74, 6) is 16.1. The Morgan fingerprint density at radius 1 is 0.328 bits per heavy atom. The minimum atomic E-state index is 0.709. The van der Waals surface area contributed by atoms with Crippen LogP contribution in [0.3, 0.4) is 0 Å². The monoisotopic (exact) mass is 887 g/mol. The first kappa shape index (κ1) is 52.8. The lowest BCUT2D eigenvalue weighted by atomic mass is 10.1. The van der Waals surface area contributed by atoms with E-state index in [1.54, 1.807) is 11.3 Å². The standard InChI is InChI=1S/C60H86O3S/c1-4-7-10-13-16-19-22-25-28-31-46-61-56-40-39-54-49-52(34-38-55(54)51-56)35-41-57-43-44-58(64-57)42-36-53-37-45-59(62-47-32-29-26-23-20-17-14-11-8-5-2)60(50-53)63-48-33-30-27-24-21-18-15-12-9-6-3/h34,37-40,43-45,49-51H,4-33,46-48H2,1-3H3. The third kappa shape index (κ3) is 23.9. The van der Waals surface area contributed by atoms with Crippen molar-refractivity contribution in [2.24, 2.45) is 0 Å². The SMILES string of the molecule is CCCCCCCCCCCCOc1ccc2cc(C#Cc3ccc(C#Cc4ccc(OCCCCCCCCCCCC)c(OCCCCCCCCCCCC)c4)s3)ccc2c1. The summed E-state index contributed by atoms with van der Waals surface area (Å²) < 4.78 is 18.8. The first-order valence-corrected chi connectivity index (χ1v) is 27.2. The highest BCUT2D eigenvalue weighted by atomic mass is 32.1. The first-order valence-electron chi connectivity index (χ1n) is 26.4. The number of ether oxygens (including phenoxy) is 3. The summed E-state index contributed by atoms with van der Waals surface area (Å²) in [4.78, 5) is 2.01. The van der Waals surface area contributed by atoms with Crippen molar-refractivity contribution in [3.63, 3.8) is 0 Å². The molecule has 4 aromatic rings. The average molecular weight is 887 g/mol. The molecule has 64 heavy (non-hydrogen) atoms. The fourth-order valence-electron chi connectivity index (χ4n) is 8.27. The highest BCUT2D eigenvalue weighted by Gasteiger charge is 2.08. The van der Waals surface area contributed by atoms with E-state index in [0.29, 0.717) is 6.61 Å². The lowest BCUT2D eigenvalue weighted by Gasteiger charge is -2.13. The number of thiophene rings is 1. The number of hydrogen-bond acceptors (Lipinski definition) is 4. The van der Waals surface area contributed by atoms with Crippen molar-refractivity contribution in [3.8, 4) is 40.9 Å². The predicted molar refractivity (Wildman–Crippen MR) is 279 cm³/mol. The van der Waals surface area contributed by atoms with Gasteiger partial charge in [0.25, 0.3) is 0 Å². The molecule has 1 aromatic heterocycles. The van der Waals surface area contributed by atoms with Gasteiger partial charge in [-0.3, -0.25) is 0 Å². The van der Waals surface area contributed by atoms with E-state index in [4.69, 9.17) is 14.2 Å². The Morgan fingerprint density at radius 2 is 0.703 bits per heavy atom. The first-order chi connectivity index (χ1) is 31.7. The van der Waals surface area contributed by atoms with Crippen LogP contribution in [0.15, 0.2) is 66.7 Å². The number of unbranched alkanes of at least 4 members (excludes halogenated alkanes) is 27. The summed E-state index contributed by atoms with van der Waals surface area (Å²) in [6.07, 6.45) is 39.7. The Morgan fingerprint density at radius 3 is 1.19 bits per heavy atom. The molecule has 4 rings (SSSR count). The molecular weight excluding hydrogens is 801 g/mol. The second kappa shape index (κ2) is 35.4. The van der Waals surface area contributed by atoms with Gasteiger partial charge < -0.3 is 14.2 Å². The van der Waals surface area contributed by atoms with Gasteiger partial charge in [-0.1, -0.05) is 230 Å². The second-order valence-electron chi connectivity index (χ2n) is 18.1. The van der Waals surface area contributed by atoms with Crippen molar-refractivity contribution < 1.29 is 14.2 Å². The van der Waals surface area contributed by atoms with E-state index in [1.807, 2.05) is 0 Å². The third-order valence-corrected chi connectivity index (χ3v) is 13.2. The summed E-state index contributed by atoms with van der Waals surface area (Å²) in [7, 11) is 0. The zero-order valence-electron chi connectivity index (χ0n) is 40.8. The summed E-state index contributed by atoms with van der Waals surface area (Å²) >= 11 is 1.64. The normalized spacial score (nSPS) is 11.0. The highest BCUT2D eigenvalue weighted by molar-refractivity contribution is 7.13. The molecule has 0 saturated carbocycles. The van der Waals surface area contributed by atoms with Crippen LogP contribution in [-0.4, -0.2) is 19.8 Å². The molecule has 0 amide bonds. The smallest absolute Gasteiger partial charge is 0.162 e. The van der Waals surface area contributed by atoms with Crippen molar-refractivity contribution in [1.29, 1.82) is 0 Å². The van der Waals surface area contributed by atoms with Gasteiger partial charge in [0.05, 0.1) is 29.6 Å². The van der Waals surface area contributed by atoms with Gasteiger partial charge in [-0.05, 0) is 84.6 Å². The van der Waals surface area contributed by atoms with Crippen molar-refractivity contribution in [1.82, 2.24) is 0 Å². The summed E-state index contributed by atoms with van der Waals surface area (Å²) in [6, 6.07) is 23.2. The molecule has 3 nitrogen and oxygen atoms in total. The maximum atomic E-state index is 6.39. The molecule has 0 radical (unpaired) electrons. The van der Waals surface area contributed by atoms with Crippen molar-refractivity contribution in [2.75, 3.05) is 19.8 Å². The van der Waals surface area contributed by atoms with Crippen molar-refractivity contribution in [3.05, 3.63) is 87.6 Å². The van der Waals surface area contributed by atoms with Crippen molar-refractivity contribution >= 4 is 22.1 Å². The lowest BCUT2D eigenvalue weighted by Crippen LogP contribution is -2.03. The molecule has 0 fully saturated rings. The molecule has 0 aliphatic carbocycles. The Hall–Kier alpha value is -3.86. The summed E-state index contributed by atoms with van der Waals surface area (Å²) in [5.41, 5.74) is 1.95. The Bertz CT molecular complexity index is 1920. The topological polar surface area (TPSA) is 27.7 Å². The van der Waals surface area contributed by atoms with Gasteiger partial charge in [0.15, 0.2) is 11.5 Å². The minimum Gasteiger partial charge on any atom is -0.494 e. The molecule has 0 N–H and O–H groups in total. The van der Waals surface area contributed by atoms with Crippen LogP contribution >= 0.6 is 11.3 Å². The van der Waals surface area contributed by atoms with Crippen LogP contribution in [0.4, 0.5) is 0 Å². The molecule has 0 aliphatic heterocycles. The van der Waals surface area contributed by atoms with Gasteiger partial charge in [-0.25, -0.2) is 0 Å². The van der Waals surface area contributed by atoms with Gasteiger partial charge in [0.2, 0.25) is 0 Å². The maximum absolute atomic E-state index is 6.39. The van der Waals surface area contributed by atoms with Crippen LogP contribution in [0, 0.1) is 23.7 Å². The fourth-order valence-corrected chi connectivity index (χ4v) is 8.98. The van der Waals surface area contributed by atoms with E-state index >= 15 is 0 Å². The number of rotatable bonds is 36. The molecule has 0 unspecified atom stereocenters. The largest absolute Gasteiger partial charge is 0.494 e. The van der Waals surface area contributed by atoms with Crippen molar-refractivity contribution in [2.45, 2.75) is 213 Å². The van der Waals surface area contributed by atoms with Crippen LogP contribution in [0.2, 0.25) is 0 Å². The van der Waals surface area contributed by atoms with E-state index in [0.717, 1.165) is 70.6 Å². The molecule has 3 aromatic carbocycles.